The molecule has 0 radical (unpaired) electrons. The van der Waals surface area contributed by atoms with Crippen LogP contribution < -0.4 is 15.0 Å². The Kier molecular flexibility index (Phi) is 11.3. The summed E-state index contributed by atoms with van der Waals surface area (Å²) < 4.78 is 30.6. The van der Waals surface area contributed by atoms with Crippen molar-refractivity contribution in [2.24, 2.45) is 23.7 Å². The lowest BCUT2D eigenvalue weighted by atomic mass is 9.62. The highest BCUT2D eigenvalue weighted by Crippen LogP contribution is 2.57. The minimum atomic E-state index is -1.81. The van der Waals surface area contributed by atoms with Gasteiger partial charge in [0.2, 0.25) is 5.91 Å². The van der Waals surface area contributed by atoms with E-state index in [2.05, 4.69) is 19.2 Å². The van der Waals surface area contributed by atoms with Gasteiger partial charge in [0.15, 0.2) is 5.72 Å². The van der Waals surface area contributed by atoms with Crippen LogP contribution in [-0.4, -0.2) is 79.6 Å². The number of nitrogens with zero attached hydrogens (tertiary/aromatic N) is 1. The lowest BCUT2D eigenvalue weighted by molar-refractivity contribution is -0.206. The Bertz CT molecular complexity index is 1690. The second-order valence-electron chi connectivity index (χ2n) is 17.0. The number of esters is 1. The molecule has 11 nitrogen and oxygen atoms in total. The fraction of sp³-hybridized carbons (Fsp3) is 0.690. The van der Waals surface area contributed by atoms with Crippen molar-refractivity contribution in [2.45, 2.75) is 140 Å². The van der Waals surface area contributed by atoms with Crippen molar-refractivity contribution >= 4 is 35.3 Å². The number of nitrogens with one attached hydrogen (secondary N) is 1. The summed E-state index contributed by atoms with van der Waals surface area (Å²) in [6.45, 7) is 11.6. The number of carbonyl (C=O) groups excluding carboxylic acids is 3. The number of epoxide rings is 1. The number of hydrogen-bond acceptors (Lipinski definition) is 9. The second-order valence-corrected chi connectivity index (χ2v) is 17.4. The van der Waals surface area contributed by atoms with Crippen LogP contribution in [0.4, 0.5) is 10.5 Å². The van der Waals surface area contributed by atoms with Crippen molar-refractivity contribution in [3.63, 3.8) is 0 Å². The summed E-state index contributed by atoms with van der Waals surface area (Å²) in [6.07, 6.45) is 9.22. The van der Waals surface area contributed by atoms with Crippen LogP contribution >= 0.6 is 11.6 Å². The van der Waals surface area contributed by atoms with E-state index in [1.165, 1.54) is 12.0 Å². The molecule has 54 heavy (non-hydrogen) atoms. The summed E-state index contributed by atoms with van der Waals surface area (Å²) in [5, 5.41) is 15.4. The summed E-state index contributed by atoms with van der Waals surface area (Å²) >= 11 is 7.00. The van der Waals surface area contributed by atoms with E-state index in [1.807, 2.05) is 38.1 Å². The van der Waals surface area contributed by atoms with E-state index in [9.17, 15) is 19.5 Å². The molecule has 4 bridgehead atoms. The molecule has 298 valence electrons. The van der Waals surface area contributed by atoms with E-state index in [4.69, 9.17) is 35.3 Å². The first-order valence-electron chi connectivity index (χ1n) is 19.6. The van der Waals surface area contributed by atoms with Gasteiger partial charge in [-0.3, -0.25) is 14.9 Å². The Morgan fingerprint density at radius 2 is 1.74 bits per heavy atom. The van der Waals surface area contributed by atoms with Crippen LogP contribution in [0.2, 0.25) is 5.02 Å². The predicted molar refractivity (Wildman–Crippen MR) is 205 cm³/mol. The second kappa shape index (κ2) is 15.1. The highest BCUT2D eigenvalue weighted by atomic mass is 35.5. The third-order valence-electron chi connectivity index (χ3n) is 13.7. The summed E-state index contributed by atoms with van der Waals surface area (Å²) in [7, 11) is 4.76. The molecule has 1 aromatic rings. The molecule has 2 amide bonds. The van der Waals surface area contributed by atoms with E-state index in [-0.39, 0.29) is 24.7 Å². The van der Waals surface area contributed by atoms with Gasteiger partial charge in [-0.1, -0.05) is 82.4 Å². The van der Waals surface area contributed by atoms with Crippen molar-refractivity contribution in [3.8, 4) is 5.75 Å². The minimum Gasteiger partial charge on any atom is -0.495 e. The van der Waals surface area contributed by atoms with E-state index >= 15 is 0 Å². The summed E-state index contributed by atoms with van der Waals surface area (Å²) in [5.41, 5.74) is -2.03. The fourth-order valence-electron chi connectivity index (χ4n) is 9.69. The van der Waals surface area contributed by atoms with Crippen LogP contribution in [0.25, 0.3) is 0 Å². The van der Waals surface area contributed by atoms with Crippen molar-refractivity contribution in [1.82, 2.24) is 5.32 Å². The predicted octanol–water partition coefficient (Wildman–Crippen LogP) is 7.40. The van der Waals surface area contributed by atoms with Gasteiger partial charge in [0, 0.05) is 31.9 Å². The number of hydrogen-bond donors (Lipinski definition) is 2. The average molecular weight is 771 g/mol. The van der Waals surface area contributed by atoms with Gasteiger partial charge in [0.25, 0.3) is 0 Å². The first-order valence-corrected chi connectivity index (χ1v) is 20.0. The number of ether oxygens (including phenoxy) is 5. The van der Waals surface area contributed by atoms with E-state index in [0.717, 1.165) is 56.1 Å². The Hall–Kier alpha value is -3.12. The Labute approximate surface area is 325 Å². The molecule has 4 fully saturated rings. The van der Waals surface area contributed by atoms with Gasteiger partial charge >= 0.3 is 12.1 Å². The molecule has 0 aromatic heterocycles. The molecule has 2 saturated carbocycles. The van der Waals surface area contributed by atoms with Crippen molar-refractivity contribution in [3.05, 3.63) is 46.5 Å². The highest BCUT2D eigenvalue weighted by molar-refractivity contribution is 6.35. The number of carbonyl (C=O) groups is 3. The van der Waals surface area contributed by atoms with E-state index in [0.29, 0.717) is 22.4 Å². The molecule has 1 aromatic carbocycles. The number of amides is 2. The zero-order valence-electron chi connectivity index (χ0n) is 33.3. The van der Waals surface area contributed by atoms with Crippen LogP contribution in [-0.2, 0) is 34.0 Å². The molecular weight excluding hydrogens is 712 g/mol. The lowest BCUT2D eigenvalue weighted by Gasteiger charge is -2.54. The van der Waals surface area contributed by atoms with E-state index in [1.54, 1.807) is 34.1 Å². The maximum Gasteiger partial charge on any atom is 0.410 e. The van der Waals surface area contributed by atoms with Crippen LogP contribution in [0.3, 0.4) is 0 Å². The first-order chi connectivity index (χ1) is 25.4. The van der Waals surface area contributed by atoms with Crippen LogP contribution in [0.15, 0.2) is 35.9 Å². The smallest absolute Gasteiger partial charge is 0.410 e. The molecule has 2 aliphatic carbocycles. The third-order valence-corrected chi connectivity index (χ3v) is 14.1. The van der Waals surface area contributed by atoms with Gasteiger partial charge in [-0.25, -0.2) is 4.79 Å². The van der Waals surface area contributed by atoms with Crippen LogP contribution in [0.5, 0.6) is 5.75 Å². The zero-order valence-corrected chi connectivity index (χ0v) is 34.1. The van der Waals surface area contributed by atoms with Gasteiger partial charge < -0.3 is 33.7 Å². The molecule has 5 aliphatic rings. The molecule has 3 heterocycles. The Balaban J connectivity index is 1.53. The summed E-state index contributed by atoms with van der Waals surface area (Å²) in [6, 6.07) is 3.94. The lowest BCUT2D eigenvalue weighted by Crippen LogP contribution is -2.70. The quantitative estimate of drug-likeness (QED) is 0.224. The number of fused-ring (bicyclic) bond motifs is 5. The van der Waals surface area contributed by atoms with E-state index < -0.39 is 64.6 Å². The Morgan fingerprint density at radius 3 is 2.33 bits per heavy atom. The molecule has 2 N–H and O–H groups in total. The molecule has 3 aliphatic heterocycles. The normalized spacial score (nSPS) is 38.1. The molecule has 2 saturated heterocycles. The highest BCUT2D eigenvalue weighted by Gasteiger charge is 2.69. The van der Waals surface area contributed by atoms with Crippen molar-refractivity contribution < 1.29 is 43.2 Å². The number of benzene rings is 1. The fourth-order valence-corrected chi connectivity index (χ4v) is 10.0. The largest absolute Gasteiger partial charge is 0.495 e. The average Bonchev–Trinajstić information content (AvgIpc) is 3.48. The standard InChI is InChI=1S/C42H59ClN2O9/c1-24(2)37(47)52-33-22-34(46)45(7)30-20-29(21-31(50-8)35(30)43)39(5,27-15-10-11-16-27)25(3)14-12-19-32(51-9)42(49)23-41(28-17-13-18-28,54-38(48)44-42)26(4)36-40(33,6)53-36/h12,14,19-21,24,26-28,32-33,36,49H,10-11,13,15-18,22-23H2,1-9H3,(H,44,48)/b19-12+,25-14-/t26-,32+,33-,36-,39?,40+,41-,42-/m0/s1. The minimum absolute atomic E-state index is 0.0427. The molecule has 1 unspecified atom stereocenters. The number of anilines is 1. The van der Waals surface area contributed by atoms with Gasteiger partial charge in [0.05, 0.1) is 31.2 Å². The maximum atomic E-state index is 14.4. The molecule has 0 spiro atoms. The molecule has 12 heteroatoms. The third kappa shape index (κ3) is 6.96. The zero-order chi connectivity index (χ0) is 39.4. The van der Waals surface area contributed by atoms with Gasteiger partial charge in [-0.15, -0.1) is 0 Å². The molecular formula is C42H59ClN2O9. The number of halogens is 1. The number of rotatable bonds is 6. The molecule has 8 atom stereocenters. The number of allylic oxidation sites excluding steroid dienone is 3. The van der Waals surface area contributed by atoms with Crippen molar-refractivity contribution in [1.29, 1.82) is 0 Å². The number of alkyl carbamates (subject to hydrolysis) is 1. The monoisotopic (exact) mass is 770 g/mol. The van der Waals surface area contributed by atoms with Gasteiger partial charge in [0.1, 0.15) is 34.2 Å². The van der Waals surface area contributed by atoms with Gasteiger partial charge in [-0.2, -0.15) is 0 Å². The maximum absolute atomic E-state index is 14.4. The Morgan fingerprint density at radius 1 is 1.07 bits per heavy atom. The van der Waals surface area contributed by atoms with Crippen molar-refractivity contribution in [2.75, 3.05) is 26.2 Å². The topological polar surface area (TPSA) is 136 Å². The summed E-state index contributed by atoms with van der Waals surface area (Å²) in [5.74, 6) is -0.990. The van der Waals surface area contributed by atoms with Crippen LogP contribution in [0.1, 0.15) is 105 Å². The number of methoxy groups -OCH3 is 2. The number of aliphatic hydroxyl groups is 1. The first kappa shape index (κ1) is 40.5. The van der Waals surface area contributed by atoms with Crippen LogP contribution in [0, 0.1) is 23.7 Å². The summed E-state index contributed by atoms with van der Waals surface area (Å²) in [4.78, 5) is 42.7. The SMILES string of the molecule is COc1cc2cc(c1Cl)N(C)C(=O)C[C@H](OC(=O)C(C)C)[C@@]1(C)O[C@H]1[C@H](C)[C@]1(C3CCC3)C[C@@](O)(NC(=O)O1)[C@H](OC)/C=C/C=C(/C)C2(C)C1CCCC1. The van der Waals surface area contributed by atoms with Gasteiger partial charge in [-0.05, 0) is 69.1 Å². The molecule has 6 rings (SSSR count).